The molecule has 0 bridgehead atoms. The summed E-state index contributed by atoms with van der Waals surface area (Å²) in [5, 5.41) is 18.2. The van der Waals surface area contributed by atoms with E-state index in [-0.39, 0.29) is 0 Å². The van der Waals surface area contributed by atoms with Crippen molar-refractivity contribution < 1.29 is 9.90 Å². The first-order valence-electron chi connectivity index (χ1n) is 3.98. The molecule has 0 atom stereocenters. The van der Waals surface area contributed by atoms with Crippen molar-refractivity contribution in [3.63, 3.8) is 0 Å². The average Bonchev–Trinajstić information content (AvgIpc) is 2.50. The molecule has 5 heteroatoms. The Morgan fingerprint density at radius 1 is 1.77 bits per heavy atom. The van der Waals surface area contributed by atoms with Gasteiger partial charge in [0.15, 0.2) is 0 Å². The van der Waals surface area contributed by atoms with Gasteiger partial charge >= 0.3 is 0 Å². The Morgan fingerprint density at radius 2 is 2.46 bits per heavy atom. The molecule has 0 fully saturated rings. The zero-order valence-electron chi connectivity index (χ0n) is 7.66. The van der Waals surface area contributed by atoms with Gasteiger partial charge in [0.2, 0.25) is 0 Å². The number of aliphatic hydroxyl groups is 1. The van der Waals surface area contributed by atoms with Crippen molar-refractivity contribution in [3.05, 3.63) is 18.0 Å². The standard InChI is InChI=1S/C8H13N3O2/c1-8(2,13)7(12)9-3-6-4-10-11-5-6/h4-5,13H,3H2,1-2H3,(H,9,12)(H,10,11). The van der Waals surface area contributed by atoms with Gasteiger partial charge in [0.05, 0.1) is 6.20 Å². The third-order valence-corrected chi connectivity index (χ3v) is 1.56. The van der Waals surface area contributed by atoms with Crippen LogP contribution in [0, 0.1) is 0 Å². The van der Waals surface area contributed by atoms with Crippen molar-refractivity contribution in [3.8, 4) is 0 Å². The van der Waals surface area contributed by atoms with E-state index in [1.54, 1.807) is 12.4 Å². The van der Waals surface area contributed by atoms with E-state index in [9.17, 15) is 9.90 Å². The van der Waals surface area contributed by atoms with Crippen molar-refractivity contribution in [1.82, 2.24) is 15.5 Å². The van der Waals surface area contributed by atoms with Crippen LogP contribution in [0.2, 0.25) is 0 Å². The van der Waals surface area contributed by atoms with Crippen molar-refractivity contribution in [2.24, 2.45) is 0 Å². The first-order chi connectivity index (χ1) is 6.00. The van der Waals surface area contributed by atoms with Crippen LogP contribution in [-0.4, -0.2) is 26.8 Å². The summed E-state index contributed by atoms with van der Waals surface area (Å²) in [7, 11) is 0. The van der Waals surface area contributed by atoms with Gasteiger partial charge in [-0.15, -0.1) is 0 Å². The number of amides is 1. The SMILES string of the molecule is CC(C)(O)C(=O)NCc1cn[nH]c1. The number of nitrogens with one attached hydrogen (secondary N) is 2. The Kier molecular flexibility index (Phi) is 2.67. The Hall–Kier alpha value is -1.36. The lowest BCUT2D eigenvalue weighted by molar-refractivity contribution is -0.136. The van der Waals surface area contributed by atoms with Crippen LogP contribution in [0.15, 0.2) is 12.4 Å². The number of hydrogen-bond donors (Lipinski definition) is 3. The lowest BCUT2D eigenvalue weighted by Gasteiger charge is -2.15. The Balaban J connectivity index is 2.40. The Morgan fingerprint density at radius 3 is 2.92 bits per heavy atom. The molecular formula is C8H13N3O2. The van der Waals surface area contributed by atoms with Crippen LogP contribution in [0.3, 0.4) is 0 Å². The molecule has 0 aliphatic carbocycles. The van der Waals surface area contributed by atoms with Gasteiger partial charge in [0.1, 0.15) is 5.60 Å². The third-order valence-electron chi connectivity index (χ3n) is 1.56. The molecule has 1 rings (SSSR count). The second-order valence-electron chi connectivity index (χ2n) is 3.35. The molecule has 72 valence electrons. The maximum absolute atomic E-state index is 11.2. The van der Waals surface area contributed by atoms with Crippen LogP contribution >= 0.6 is 0 Å². The van der Waals surface area contributed by atoms with Gasteiger partial charge in [-0.2, -0.15) is 5.10 Å². The van der Waals surface area contributed by atoms with E-state index in [4.69, 9.17) is 0 Å². The number of H-pyrrole nitrogens is 1. The van der Waals surface area contributed by atoms with Gasteiger partial charge in [-0.1, -0.05) is 0 Å². The summed E-state index contributed by atoms with van der Waals surface area (Å²) < 4.78 is 0. The summed E-state index contributed by atoms with van der Waals surface area (Å²) in [6, 6.07) is 0. The maximum Gasteiger partial charge on any atom is 0.251 e. The van der Waals surface area contributed by atoms with Crippen molar-refractivity contribution >= 4 is 5.91 Å². The Bertz CT molecular complexity index is 274. The minimum atomic E-state index is -1.33. The van der Waals surface area contributed by atoms with Gasteiger partial charge in [0.25, 0.3) is 5.91 Å². The number of hydrogen-bond acceptors (Lipinski definition) is 3. The molecule has 0 aliphatic heterocycles. The first kappa shape index (κ1) is 9.73. The fraction of sp³-hybridized carbons (Fsp3) is 0.500. The molecule has 0 saturated carbocycles. The molecule has 5 nitrogen and oxygen atoms in total. The highest BCUT2D eigenvalue weighted by molar-refractivity contribution is 5.83. The van der Waals surface area contributed by atoms with Gasteiger partial charge < -0.3 is 10.4 Å². The highest BCUT2D eigenvalue weighted by Gasteiger charge is 2.22. The lowest BCUT2D eigenvalue weighted by atomic mass is 10.1. The minimum Gasteiger partial charge on any atom is -0.381 e. The molecule has 1 amide bonds. The fourth-order valence-electron chi connectivity index (χ4n) is 0.773. The van der Waals surface area contributed by atoms with Crippen molar-refractivity contribution in [1.29, 1.82) is 0 Å². The summed E-state index contributed by atoms with van der Waals surface area (Å²) in [5.74, 6) is -0.395. The summed E-state index contributed by atoms with van der Waals surface area (Å²) in [5.41, 5.74) is -0.457. The third kappa shape index (κ3) is 2.87. The van der Waals surface area contributed by atoms with Crippen LogP contribution in [0.5, 0.6) is 0 Å². The molecule has 0 aliphatic rings. The molecule has 13 heavy (non-hydrogen) atoms. The Labute approximate surface area is 76.2 Å². The predicted octanol–water partition coefficient (Wildman–Crippen LogP) is -0.203. The second-order valence-corrected chi connectivity index (χ2v) is 3.35. The molecule has 3 N–H and O–H groups in total. The average molecular weight is 183 g/mol. The van der Waals surface area contributed by atoms with E-state index in [0.29, 0.717) is 6.54 Å². The van der Waals surface area contributed by atoms with Crippen LogP contribution in [0.25, 0.3) is 0 Å². The summed E-state index contributed by atoms with van der Waals surface area (Å²) in [6.07, 6.45) is 3.30. The molecule has 0 unspecified atom stereocenters. The summed E-state index contributed by atoms with van der Waals surface area (Å²) in [6.45, 7) is 3.26. The quantitative estimate of drug-likeness (QED) is 0.607. The van der Waals surface area contributed by atoms with E-state index < -0.39 is 11.5 Å². The van der Waals surface area contributed by atoms with Gasteiger partial charge in [-0.3, -0.25) is 9.89 Å². The highest BCUT2D eigenvalue weighted by Crippen LogP contribution is 2.01. The number of rotatable bonds is 3. The van der Waals surface area contributed by atoms with Gasteiger partial charge in [-0.05, 0) is 13.8 Å². The lowest BCUT2D eigenvalue weighted by Crippen LogP contribution is -2.41. The zero-order valence-corrected chi connectivity index (χ0v) is 7.66. The molecular weight excluding hydrogens is 170 g/mol. The largest absolute Gasteiger partial charge is 0.381 e. The molecule has 0 aromatic carbocycles. The number of nitrogens with zero attached hydrogens (tertiary/aromatic N) is 1. The number of carbonyl (C=O) groups is 1. The molecule has 1 heterocycles. The maximum atomic E-state index is 11.2. The zero-order chi connectivity index (χ0) is 9.90. The van der Waals surface area contributed by atoms with Gasteiger partial charge in [0, 0.05) is 18.3 Å². The number of aromatic amines is 1. The van der Waals surface area contributed by atoms with Crippen LogP contribution in [0.4, 0.5) is 0 Å². The van der Waals surface area contributed by atoms with E-state index in [0.717, 1.165) is 5.56 Å². The summed E-state index contributed by atoms with van der Waals surface area (Å²) in [4.78, 5) is 11.2. The summed E-state index contributed by atoms with van der Waals surface area (Å²) >= 11 is 0. The molecule has 1 aromatic rings. The van der Waals surface area contributed by atoms with Crippen LogP contribution in [0.1, 0.15) is 19.4 Å². The van der Waals surface area contributed by atoms with E-state index in [1.165, 1.54) is 13.8 Å². The van der Waals surface area contributed by atoms with E-state index in [2.05, 4.69) is 15.5 Å². The number of carbonyl (C=O) groups excluding carboxylic acids is 1. The molecule has 0 saturated heterocycles. The topological polar surface area (TPSA) is 78.0 Å². The van der Waals surface area contributed by atoms with E-state index >= 15 is 0 Å². The van der Waals surface area contributed by atoms with E-state index in [1.807, 2.05) is 0 Å². The normalized spacial score (nSPS) is 11.3. The van der Waals surface area contributed by atoms with Crippen molar-refractivity contribution in [2.75, 3.05) is 0 Å². The number of aromatic nitrogens is 2. The highest BCUT2D eigenvalue weighted by atomic mass is 16.3. The minimum absolute atomic E-state index is 0.374. The first-order valence-corrected chi connectivity index (χ1v) is 3.98. The predicted molar refractivity (Wildman–Crippen MR) is 46.7 cm³/mol. The van der Waals surface area contributed by atoms with Crippen LogP contribution < -0.4 is 5.32 Å². The van der Waals surface area contributed by atoms with Crippen LogP contribution in [-0.2, 0) is 11.3 Å². The molecule has 0 radical (unpaired) electrons. The second kappa shape index (κ2) is 3.57. The fourth-order valence-corrected chi connectivity index (χ4v) is 0.773. The molecule has 0 spiro atoms. The molecule has 1 aromatic heterocycles. The smallest absolute Gasteiger partial charge is 0.251 e. The monoisotopic (exact) mass is 183 g/mol. The van der Waals surface area contributed by atoms with Crippen molar-refractivity contribution in [2.45, 2.75) is 26.0 Å². The van der Waals surface area contributed by atoms with Gasteiger partial charge in [-0.25, -0.2) is 0 Å².